The average Bonchev–Trinajstić information content (AvgIpc) is 3.60. The Balaban J connectivity index is 1.50. The molecule has 2 aromatic heterocycles. The molecule has 0 radical (unpaired) electrons. The molecule has 3 heterocycles. The Morgan fingerprint density at radius 1 is 1.02 bits per heavy atom. The molecule has 25 nitrogen and oxygen atoms in total. The Labute approximate surface area is 317 Å². The van der Waals surface area contributed by atoms with Crippen molar-refractivity contribution in [3.63, 3.8) is 0 Å². The number of anilines is 1. The second-order valence-corrected chi connectivity index (χ2v) is 18.6. The molecule has 3 rings (SSSR count). The lowest BCUT2D eigenvalue weighted by Gasteiger charge is -2.30. The number of phosphoric ester groups is 3. The number of nitrogens with two attached hydrogens (primary N) is 1. The maximum atomic E-state index is 12.7. The van der Waals surface area contributed by atoms with Crippen molar-refractivity contribution in [2.75, 3.05) is 37.8 Å². The second kappa shape index (κ2) is 18.7. The summed E-state index contributed by atoms with van der Waals surface area (Å²) in [7, 11) is -16.4. The predicted octanol–water partition coefficient (Wildman–Crippen LogP) is 0.0732. The van der Waals surface area contributed by atoms with E-state index in [-0.39, 0.29) is 42.2 Å². The lowest BCUT2D eigenvalue weighted by atomic mass is 9.87. The summed E-state index contributed by atoms with van der Waals surface area (Å²) in [5.41, 5.74) is 3.59. The number of amides is 2. The molecular formula is C26H44N7O18P3S. The zero-order valence-electron chi connectivity index (χ0n) is 30.0. The number of aliphatic hydroxyl groups is 2. The number of nitrogens with zero attached hydrogens (tertiary/aromatic N) is 4. The molecule has 0 saturated carbocycles. The molecule has 2 amide bonds. The smallest absolute Gasteiger partial charge is 0.452 e. The van der Waals surface area contributed by atoms with Crippen molar-refractivity contribution in [2.45, 2.75) is 77.3 Å². The average molecular weight is 868 g/mol. The highest BCUT2D eigenvalue weighted by molar-refractivity contribution is 8.13. The summed E-state index contributed by atoms with van der Waals surface area (Å²) < 4.78 is 67.1. The third-order valence-electron chi connectivity index (χ3n) is 7.11. The number of phosphoric acid groups is 3. The van der Waals surface area contributed by atoms with E-state index in [0.717, 1.165) is 29.0 Å². The standard InChI is InChI=1S/C26H44N7O18P3S/c1-25(2,3)49-24(38)55-9-8-28-15(34)6-7-29-22(37)19(36)26(4,5)11-47-54(44,45)51-53(42,43)46-10-14-18(50-52(39,40)41)17(35)23(48-14)33-13-32-16-20(27)30-12-31-21(16)33/h12-14,17-19,23,35-36H,6-11H2,1-5H3,(H,28,34)(H,29,37)(H,42,43)(H,44,45)(H2,27,30,31)(H2,39,40,41)/t14-,17-,18-,19+,23-/m1/s1. The van der Waals surface area contributed by atoms with Gasteiger partial charge in [-0.25, -0.2) is 33.4 Å². The lowest BCUT2D eigenvalue weighted by molar-refractivity contribution is -0.137. The zero-order chi connectivity index (χ0) is 41.6. The van der Waals surface area contributed by atoms with Gasteiger partial charge in [0, 0.05) is 30.7 Å². The van der Waals surface area contributed by atoms with E-state index in [0.29, 0.717) is 0 Å². The fraction of sp³-hybridized carbons (Fsp3) is 0.692. The quantitative estimate of drug-likeness (QED) is 0.0512. The van der Waals surface area contributed by atoms with Gasteiger partial charge in [0.15, 0.2) is 17.7 Å². The first kappa shape index (κ1) is 46.7. The minimum absolute atomic E-state index is 0.0278. The number of hydrogen-bond donors (Lipinski definition) is 9. The van der Waals surface area contributed by atoms with Crippen LogP contribution in [0.3, 0.4) is 0 Å². The number of hydrogen-bond acceptors (Lipinski definition) is 19. The first-order valence-corrected chi connectivity index (χ1v) is 21.5. The molecule has 0 spiro atoms. The molecule has 1 fully saturated rings. The zero-order valence-corrected chi connectivity index (χ0v) is 33.5. The van der Waals surface area contributed by atoms with E-state index in [9.17, 15) is 57.9 Å². The van der Waals surface area contributed by atoms with Crippen molar-refractivity contribution >= 4 is 69.3 Å². The fourth-order valence-corrected chi connectivity index (χ4v) is 8.05. The van der Waals surface area contributed by atoms with Crippen LogP contribution in [0.15, 0.2) is 12.7 Å². The van der Waals surface area contributed by atoms with Crippen molar-refractivity contribution in [1.29, 1.82) is 0 Å². The monoisotopic (exact) mass is 867 g/mol. The highest BCUT2D eigenvalue weighted by atomic mass is 32.2. The molecule has 2 unspecified atom stereocenters. The van der Waals surface area contributed by atoms with Gasteiger partial charge in [0.25, 0.3) is 0 Å². The van der Waals surface area contributed by atoms with Crippen LogP contribution in [0.4, 0.5) is 10.6 Å². The molecule has 2 aromatic rings. The van der Waals surface area contributed by atoms with E-state index in [1.807, 2.05) is 0 Å². The van der Waals surface area contributed by atoms with Gasteiger partial charge in [-0.2, -0.15) is 4.31 Å². The van der Waals surface area contributed by atoms with Gasteiger partial charge >= 0.3 is 28.8 Å². The molecule has 0 aromatic carbocycles. The molecule has 0 bridgehead atoms. The maximum absolute atomic E-state index is 12.7. The summed E-state index contributed by atoms with van der Waals surface area (Å²) in [4.78, 5) is 87.1. The summed E-state index contributed by atoms with van der Waals surface area (Å²) in [6, 6.07) is 0. The third-order valence-corrected chi connectivity index (χ3v) is 10.9. The van der Waals surface area contributed by atoms with Gasteiger partial charge in [-0.3, -0.25) is 27.7 Å². The number of carbonyl (C=O) groups excluding carboxylic acids is 3. The normalized spacial score (nSPS) is 22.1. The van der Waals surface area contributed by atoms with E-state index in [1.165, 1.54) is 13.8 Å². The highest BCUT2D eigenvalue weighted by Gasteiger charge is 2.50. The van der Waals surface area contributed by atoms with Crippen LogP contribution in [-0.2, 0) is 50.6 Å². The SMILES string of the molecule is CC(C)(C)OC(=O)SCCNC(=O)CCNC(=O)[C@H](O)C(C)(C)COP(=O)(O)OP(=O)(O)OC[C@H]1O[C@@H](n2cnc3c(N)ncnc32)[C@H](O)[C@@H]1OP(=O)(O)O. The largest absolute Gasteiger partial charge is 0.481 e. The van der Waals surface area contributed by atoms with E-state index in [2.05, 4.69) is 34.4 Å². The van der Waals surface area contributed by atoms with Crippen LogP contribution in [0.25, 0.3) is 11.2 Å². The van der Waals surface area contributed by atoms with Crippen molar-refractivity contribution in [3.8, 4) is 0 Å². The molecule has 312 valence electrons. The Hall–Kier alpha value is -2.64. The summed E-state index contributed by atoms with van der Waals surface area (Å²) in [6.45, 7) is 5.52. The van der Waals surface area contributed by atoms with Gasteiger partial charge in [-0.15, -0.1) is 0 Å². The van der Waals surface area contributed by atoms with E-state index < -0.39 is 95.5 Å². The van der Waals surface area contributed by atoms with Crippen molar-refractivity contribution in [2.24, 2.45) is 5.41 Å². The van der Waals surface area contributed by atoms with Gasteiger partial charge in [-0.1, -0.05) is 13.8 Å². The van der Waals surface area contributed by atoms with Crippen LogP contribution < -0.4 is 16.4 Å². The summed E-state index contributed by atoms with van der Waals surface area (Å²) >= 11 is 0.875. The van der Waals surface area contributed by atoms with Crippen LogP contribution >= 0.6 is 35.2 Å². The lowest BCUT2D eigenvalue weighted by Crippen LogP contribution is -2.46. The minimum Gasteiger partial charge on any atom is -0.452 e. The van der Waals surface area contributed by atoms with Gasteiger partial charge in [0.05, 0.1) is 19.5 Å². The Bertz CT molecular complexity index is 1820. The van der Waals surface area contributed by atoms with E-state index in [4.69, 9.17) is 24.3 Å². The number of carbonyl (C=O) groups is 3. The molecule has 1 aliphatic rings. The summed E-state index contributed by atoms with van der Waals surface area (Å²) in [6.07, 6.45) is -6.96. The Morgan fingerprint density at radius 3 is 2.31 bits per heavy atom. The first-order chi connectivity index (χ1) is 25.2. The highest BCUT2D eigenvalue weighted by Crippen LogP contribution is 2.61. The van der Waals surface area contributed by atoms with Crippen LogP contribution in [-0.4, -0.2) is 128 Å². The number of imidazole rings is 1. The number of rotatable bonds is 19. The van der Waals surface area contributed by atoms with Crippen LogP contribution in [0.1, 0.15) is 47.3 Å². The van der Waals surface area contributed by atoms with Crippen molar-refractivity contribution < 1.29 is 85.2 Å². The minimum atomic E-state index is -5.57. The van der Waals surface area contributed by atoms with Crippen molar-refractivity contribution in [1.82, 2.24) is 30.2 Å². The third kappa shape index (κ3) is 14.7. The number of fused-ring (bicyclic) bond motifs is 1. The molecule has 29 heteroatoms. The van der Waals surface area contributed by atoms with Crippen LogP contribution in [0.5, 0.6) is 0 Å². The number of ether oxygens (including phenoxy) is 2. The Kier molecular flexibility index (Phi) is 15.9. The number of nitrogen functional groups attached to an aromatic ring is 1. The molecule has 7 atom stereocenters. The Morgan fingerprint density at radius 2 is 1.67 bits per heavy atom. The van der Waals surface area contributed by atoms with Gasteiger partial charge in [0.2, 0.25) is 11.8 Å². The summed E-state index contributed by atoms with van der Waals surface area (Å²) in [5, 5.41) is 25.8. The van der Waals surface area contributed by atoms with Gasteiger partial charge in [0.1, 0.15) is 41.9 Å². The molecule has 55 heavy (non-hydrogen) atoms. The molecular weight excluding hydrogens is 823 g/mol. The molecule has 10 N–H and O–H groups in total. The fourth-order valence-electron chi connectivity index (χ4n) is 4.54. The number of thioether (sulfide) groups is 1. The predicted molar refractivity (Wildman–Crippen MR) is 188 cm³/mol. The second-order valence-electron chi connectivity index (χ2n) is 13.4. The van der Waals surface area contributed by atoms with E-state index in [1.54, 1.807) is 20.8 Å². The van der Waals surface area contributed by atoms with Crippen LogP contribution in [0, 0.1) is 5.41 Å². The topological polar surface area (TPSA) is 373 Å². The first-order valence-electron chi connectivity index (χ1n) is 15.9. The van der Waals surface area contributed by atoms with Crippen LogP contribution in [0.2, 0.25) is 0 Å². The van der Waals surface area contributed by atoms with Crippen molar-refractivity contribution in [3.05, 3.63) is 12.7 Å². The van der Waals surface area contributed by atoms with Gasteiger partial charge in [-0.05, 0) is 32.5 Å². The van der Waals surface area contributed by atoms with Gasteiger partial charge < -0.3 is 55.6 Å². The number of aromatic nitrogens is 4. The maximum Gasteiger partial charge on any atom is 0.481 e. The number of nitrogens with one attached hydrogen (secondary N) is 2. The number of aliphatic hydroxyl groups excluding tert-OH is 2. The molecule has 0 aliphatic carbocycles. The molecule has 1 aliphatic heterocycles. The van der Waals surface area contributed by atoms with E-state index >= 15 is 0 Å². The molecule has 1 saturated heterocycles. The summed E-state index contributed by atoms with van der Waals surface area (Å²) in [5.74, 6) is -1.26.